The summed E-state index contributed by atoms with van der Waals surface area (Å²) in [6.45, 7) is 2.17. The zero-order valence-electron chi connectivity index (χ0n) is 12.1. The first-order valence-electron chi connectivity index (χ1n) is 7.06. The van der Waals surface area contributed by atoms with Crippen LogP contribution in [0.25, 0.3) is 0 Å². The number of hydrazine groups is 1. The van der Waals surface area contributed by atoms with Crippen molar-refractivity contribution in [2.75, 3.05) is 10.7 Å². The van der Waals surface area contributed by atoms with Crippen LogP contribution < -0.4 is 16.6 Å². The lowest BCUT2D eigenvalue weighted by atomic mass is 10.1. The Morgan fingerprint density at radius 1 is 1.24 bits per heavy atom. The highest BCUT2D eigenvalue weighted by atomic mass is 16.1. The molecule has 0 aliphatic heterocycles. The van der Waals surface area contributed by atoms with Gasteiger partial charge in [-0.3, -0.25) is 4.79 Å². The molecular formula is C16H20N4O. The van der Waals surface area contributed by atoms with Crippen LogP contribution in [0, 0.1) is 0 Å². The van der Waals surface area contributed by atoms with Gasteiger partial charge in [-0.25, -0.2) is 10.8 Å². The van der Waals surface area contributed by atoms with Gasteiger partial charge in [-0.05, 0) is 42.7 Å². The molecule has 4 N–H and O–H groups in total. The van der Waals surface area contributed by atoms with Crippen LogP contribution in [0.4, 0.5) is 11.5 Å². The van der Waals surface area contributed by atoms with Gasteiger partial charge in [0.15, 0.2) is 0 Å². The Morgan fingerprint density at radius 2 is 2.00 bits per heavy atom. The number of benzene rings is 1. The molecule has 0 radical (unpaired) electrons. The van der Waals surface area contributed by atoms with Crippen LogP contribution >= 0.6 is 0 Å². The highest BCUT2D eigenvalue weighted by Crippen LogP contribution is 2.14. The molecule has 2 rings (SSSR count). The molecule has 1 aromatic heterocycles. The number of nitrogen functional groups attached to an aromatic ring is 1. The average Bonchev–Trinajstić information content (AvgIpc) is 2.54. The lowest BCUT2D eigenvalue weighted by molar-refractivity contribution is 0.102. The highest BCUT2D eigenvalue weighted by molar-refractivity contribution is 6.04. The van der Waals surface area contributed by atoms with Gasteiger partial charge in [0.1, 0.15) is 5.82 Å². The molecule has 1 aromatic carbocycles. The van der Waals surface area contributed by atoms with Crippen LogP contribution in [-0.4, -0.2) is 10.9 Å². The Bertz CT molecular complexity index is 595. The molecule has 21 heavy (non-hydrogen) atoms. The zero-order chi connectivity index (χ0) is 15.1. The topological polar surface area (TPSA) is 80.0 Å². The molecule has 0 atom stereocenters. The quantitative estimate of drug-likeness (QED) is 0.563. The van der Waals surface area contributed by atoms with E-state index in [2.05, 4.69) is 22.7 Å². The molecule has 0 saturated carbocycles. The summed E-state index contributed by atoms with van der Waals surface area (Å²) in [5, 5.41) is 2.86. The first-order valence-corrected chi connectivity index (χ1v) is 7.06. The fraction of sp³-hybridized carbons (Fsp3) is 0.250. The Morgan fingerprint density at radius 3 is 2.67 bits per heavy atom. The minimum atomic E-state index is -0.185. The number of hydrogen-bond donors (Lipinski definition) is 3. The zero-order valence-corrected chi connectivity index (χ0v) is 12.1. The number of carbonyl (C=O) groups is 1. The van der Waals surface area contributed by atoms with Gasteiger partial charge in [-0.15, -0.1) is 0 Å². The van der Waals surface area contributed by atoms with Gasteiger partial charge in [0, 0.05) is 17.4 Å². The average molecular weight is 284 g/mol. The van der Waals surface area contributed by atoms with Crippen molar-refractivity contribution in [3.8, 4) is 0 Å². The van der Waals surface area contributed by atoms with Crippen molar-refractivity contribution >= 4 is 17.4 Å². The maximum atomic E-state index is 12.1. The predicted octanol–water partition coefficient (Wildman–Crippen LogP) is 2.96. The van der Waals surface area contributed by atoms with Gasteiger partial charge < -0.3 is 10.7 Å². The van der Waals surface area contributed by atoms with Crippen molar-refractivity contribution in [3.63, 3.8) is 0 Å². The van der Waals surface area contributed by atoms with E-state index in [1.807, 2.05) is 24.3 Å². The number of nitrogens with zero attached hydrogens (tertiary/aromatic N) is 1. The molecule has 0 aliphatic rings. The first kappa shape index (κ1) is 15.0. The molecule has 0 fully saturated rings. The summed E-state index contributed by atoms with van der Waals surface area (Å²) in [5.74, 6) is 5.55. The van der Waals surface area contributed by atoms with Crippen molar-refractivity contribution in [2.45, 2.75) is 26.2 Å². The molecule has 110 valence electrons. The summed E-state index contributed by atoms with van der Waals surface area (Å²) in [6, 6.07) is 11.2. The van der Waals surface area contributed by atoms with Crippen LogP contribution in [0.2, 0.25) is 0 Å². The van der Waals surface area contributed by atoms with Crippen LogP contribution in [0.5, 0.6) is 0 Å². The summed E-state index contributed by atoms with van der Waals surface area (Å²) in [5.41, 5.74) is 4.99. The van der Waals surface area contributed by atoms with E-state index in [1.165, 1.54) is 24.6 Å². The minimum absolute atomic E-state index is 0.185. The van der Waals surface area contributed by atoms with Gasteiger partial charge in [-0.1, -0.05) is 25.5 Å². The molecular weight excluding hydrogens is 264 g/mol. The van der Waals surface area contributed by atoms with E-state index in [-0.39, 0.29) is 5.91 Å². The molecule has 0 saturated heterocycles. The van der Waals surface area contributed by atoms with E-state index in [0.29, 0.717) is 11.4 Å². The van der Waals surface area contributed by atoms with E-state index in [1.54, 1.807) is 12.1 Å². The van der Waals surface area contributed by atoms with Gasteiger partial charge in [0.05, 0.1) is 0 Å². The molecule has 5 nitrogen and oxygen atoms in total. The lowest BCUT2D eigenvalue weighted by Crippen LogP contribution is -2.14. The number of nitrogens with one attached hydrogen (secondary N) is 2. The van der Waals surface area contributed by atoms with E-state index < -0.39 is 0 Å². The number of amides is 1. The summed E-state index contributed by atoms with van der Waals surface area (Å²) < 4.78 is 0. The molecule has 1 heterocycles. The second-order valence-corrected chi connectivity index (χ2v) is 4.83. The van der Waals surface area contributed by atoms with Crippen LogP contribution in [0.1, 0.15) is 35.7 Å². The predicted molar refractivity (Wildman–Crippen MR) is 85.1 cm³/mol. The van der Waals surface area contributed by atoms with Gasteiger partial charge in [-0.2, -0.15) is 0 Å². The number of unbranched alkanes of at least 4 members (excludes halogenated alkanes) is 1. The number of carbonyl (C=O) groups excluding carboxylic acids is 1. The largest absolute Gasteiger partial charge is 0.322 e. The number of nitrogens with two attached hydrogens (primary N) is 1. The van der Waals surface area contributed by atoms with Crippen molar-refractivity contribution in [1.82, 2.24) is 4.98 Å². The van der Waals surface area contributed by atoms with Crippen molar-refractivity contribution < 1.29 is 4.79 Å². The molecule has 5 heteroatoms. The smallest absolute Gasteiger partial charge is 0.255 e. The summed E-state index contributed by atoms with van der Waals surface area (Å²) >= 11 is 0. The summed E-state index contributed by atoms with van der Waals surface area (Å²) in [6.07, 6.45) is 4.97. The SMILES string of the molecule is CCCCc1ccc(NC(=O)c2ccnc(NN)c2)cc1. The summed E-state index contributed by atoms with van der Waals surface area (Å²) in [7, 11) is 0. The van der Waals surface area contributed by atoms with E-state index in [4.69, 9.17) is 5.84 Å². The van der Waals surface area contributed by atoms with E-state index >= 15 is 0 Å². The third-order valence-corrected chi connectivity index (χ3v) is 3.20. The number of pyridine rings is 1. The Kier molecular flexibility index (Phi) is 5.29. The monoisotopic (exact) mass is 284 g/mol. The Balaban J connectivity index is 2.01. The molecule has 0 aliphatic carbocycles. The number of hydrogen-bond acceptors (Lipinski definition) is 4. The molecule has 0 spiro atoms. The lowest BCUT2D eigenvalue weighted by Gasteiger charge is -2.07. The second-order valence-electron chi connectivity index (χ2n) is 4.83. The fourth-order valence-corrected chi connectivity index (χ4v) is 1.99. The van der Waals surface area contributed by atoms with Gasteiger partial charge in [0.2, 0.25) is 0 Å². The number of rotatable bonds is 6. The summed E-state index contributed by atoms with van der Waals surface area (Å²) in [4.78, 5) is 16.1. The number of anilines is 2. The number of aromatic nitrogens is 1. The fourth-order valence-electron chi connectivity index (χ4n) is 1.99. The van der Waals surface area contributed by atoms with E-state index in [9.17, 15) is 4.79 Å². The van der Waals surface area contributed by atoms with Crippen LogP contribution in [0.15, 0.2) is 42.6 Å². The van der Waals surface area contributed by atoms with Crippen LogP contribution in [0.3, 0.4) is 0 Å². The standard InChI is InChI=1S/C16H20N4O/c1-2-3-4-12-5-7-14(8-6-12)19-16(21)13-9-10-18-15(11-13)20-17/h5-11H,2-4,17H2,1H3,(H,18,20)(H,19,21). The van der Waals surface area contributed by atoms with Gasteiger partial charge >= 0.3 is 0 Å². The van der Waals surface area contributed by atoms with Gasteiger partial charge in [0.25, 0.3) is 5.91 Å². The van der Waals surface area contributed by atoms with Crippen molar-refractivity contribution in [3.05, 3.63) is 53.7 Å². The Labute approximate surface area is 124 Å². The maximum absolute atomic E-state index is 12.1. The van der Waals surface area contributed by atoms with E-state index in [0.717, 1.165) is 12.1 Å². The third kappa shape index (κ3) is 4.29. The highest BCUT2D eigenvalue weighted by Gasteiger charge is 2.07. The number of aryl methyl sites for hydroxylation is 1. The maximum Gasteiger partial charge on any atom is 0.255 e. The molecule has 0 unspecified atom stereocenters. The van der Waals surface area contributed by atoms with Crippen molar-refractivity contribution in [1.29, 1.82) is 0 Å². The molecule has 2 aromatic rings. The Hall–Kier alpha value is -2.40. The first-order chi connectivity index (χ1) is 10.2. The second kappa shape index (κ2) is 7.40. The third-order valence-electron chi connectivity index (χ3n) is 3.20. The molecule has 0 bridgehead atoms. The normalized spacial score (nSPS) is 10.2. The minimum Gasteiger partial charge on any atom is -0.322 e. The van der Waals surface area contributed by atoms with Crippen molar-refractivity contribution in [2.24, 2.45) is 5.84 Å². The van der Waals surface area contributed by atoms with Crippen LogP contribution in [-0.2, 0) is 6.42 Å². The molecule has 1 amide bonds.